The Labute approximate surface area is 289 Å². The van der Waals surface area contributed by atoms with Crippen molar-refractivity contribution in [2.75, 3.05) is 13.1 Å². The Kier molecular flexibility index (Phi) is 6.60. The van der Waals surface area contributed by atoms with Crippen LogP contribution in [0, 0.1) is 5.41 Å². The normalized spacial score (nSPS) is 26.7. The molecule has 0 unspecified atom stereocenters. The minimum Gasteiger partial charge on any atom is -0.341 e. The van der Waals surface area contributed by atoms with Gasteiger partial charge in [-0.25, -0.2) is 9.97 Å². The molecule has 0 amide bonds. The SMILES string of the molecule is c1cc2nc([C@@H]3CCCN3)[nH]c2cc1-c1ccc(-c2ccc(-c3cnc([C@@H]4CCCN4)[nH]3)c3c2CC2(CCCC2)C3)c2c1C1CCC2CC1. The molecule has 0 radical (unpaired) electrons. The van der Waals surface area contributed by atoms with Crippen LogP contribution in [0.2, 0.25) is 0 Å². The van der Waals surface area contributed by atoms with Crippen LogP contribution in [0.5, 0.6) is 0 Å². The smallest absolute Gasteiger partial charge is 0.124 e. The minimum absolute atomic E-state index is 0.356. The molecule has 4 fully saturated rings. The number of hydrogen-bond acceptors (Lipinski definition) is 4. The van der Waals surface area contributed by atoms with Crippen molar-refractivity contribution in [3.05, 3.63) is 82.6 Å². The van der Waals surface area contributed by atoms with Gasteiger partial charge < -0.3 is 20.6 Å². The van der Waals surface area contributed by atoms with E-state index in [-0.39, 0.29) is 0 Å². The monoisotopic (exact) mass is 648 g/mol. The van der Waals surface area contributed by atoms with E-state index >= 15 is 0 Å². The Morgan fingerprint density at radius 2 is 1.27 bits per heavy atom. The van der Waals surface area contributed by atoms with Gasteiger partial charge in [-0.3, -0.25) is 0 Å². The minimum atomic E-state index is 0.356. The van der Waals surface area contributed by atoms with Crippen LogP contribution in [0.25, 0.3) is 44.5 Å². The third kappa shape index (κ3) is 4.59. The van der Waals surface area contributed by atoms with Crippen LogP contribution in [-0.2, 0) is 12.8 Å². The van der Waals surface area contributed by atoms with E-state index in [2.05, 4.69) is 69.3 Å². The first-order chi connectivity index (χ1) is 24.2. The lowest BCUT2D eigenvalue weighted by molar-refractivity contribution is 0.318. The van der Waals surface area contributed by atoms with E-state index in [4.69, 9.17) is 9.97 Å². The van der Waals surface area contributed by atoms with Crippen LogP contribution in [0.3, 0.4) is 0 Å². The van der Waals surface area contributed by atoms with Crippen molar-refractivity contribution >= 4 is 11.0 Å². The van der Waals surface area contributed by atoms with Crippen LogP contribution < -0.4 is 10.6 Å². The molecule has 1 spiro atoms. The molecule has 6 nitrogen and oxygen atoms in total. The number of fused-ring (bicyclic) bond motifs is 4. The molecule has 4 N–H and O–H groups in total. The predicted octanol–water partition coefficient (Wildman–Crippen LogP) is 9.55. The molecule has 5 aromatic rings. The molecular weight excluding hydrogens is 601 g/mol. The molecule has 12 rings (SSSR count). The van der Waals surface area contributed by atoms with Crippen LogP contribution in [0.1, 0.15) is 135 Å². The number of nitrogens with one attached hydrogen (secondary N) is 4. The van der Waals surface area contributed by atoms with Gasteiger partial charge in [0.2, 0.25) is 0 Å². The highest BCUT2D eigenvalue weighted by Gasteiger charge is 2.43. The summed E-state index contributed by atoms with van der Waals surface area (Å²) in [5.41, 5.74) is 17.7. The van der Waals surface area contributed by atoms with Crippen molar-refractivity contribution in [2.45, 2.75) is 114 Å². The van der Waals surface area contributed by atoms with E-state index in [1.165, 1.54) is 122 Å². The number of H-pyrrole nitrogens is 2. The summed E-state index contributed by atoms with van der Waals surface area (Å²) >= 11 is 0. The summed E-state index contributed by atoms with van der Waals surface area (Å²) in [5, 5.41) is 7.26. The van der Waals surface area contributed by atoms with Crippen molar-refractivity contribution < 1.29 is 0 Å². The maximum atomic E-state index is 5.00. The second kappa shape index (κ2) is 11.1. The Morgan fingerprint density at radius 1 is 0.612 bits per heavy atom. The van der Waals surface area contributed by atoms with E-state index in [9.17, 15) is 0 Å². The van der Waals surface area contributed by atoms with Crippen molar-refractivity contribution in [1.29, 1.82) is 0 Å². The molecule has 2 saturated heterocycles. The Balaban J connectivity index is 1.04. The van der Waals surface area contributed by atoms with Gasteiger partial charge in [-0.15, -0.1) is 0 Å². The molecule has 7 aliphatic rings. The lowest BCUT2D eigenvalue weighted by Gasteiger charge is -2.41. The zero-order chi connectivity index (χ0) is 32.1. The number of benzene rings is 3. The van der Waals surface area contributed by atoms with Crippen molar-refractivity contribution in [3.63, 3.8) is 0 Å². The van der Waals surface area contributed by atoms with E-state index in [1.807, 2.05) is 0 Å². The van der Waals surface area contributed by atoms with E-state index in [0.29, 0.717) is 29.3 Å². The molecule has 49 heavy (non-hydrogen) atoms. The lowest BCUT2D eigenvalue weighted by Crippen LogP contribution is -2.23. The predicted molar refractivity (Wildman–Crippen MR) is 197 cm³/mol. The molecule has 6 heteroatoms. The molecule has 5 aliphatic carbocycles. The zero-order valence-electron chi connectivity index (χ0n) is 28.6. The van der Waals surface area contributed by atoms with Crippen LogP contribution in [-0.4, -0.2) is 33.0 Å². The van der Waals surface area contributed by atoms with Gasteiger partial charge >= 0.3 is 0 Å². The number of aromatic nitrogens is 4. The van der Waals surface area contributed by atoms with Crippen molar-refractivity contribution in [3.8, 4) is 33.5 Å². The summed E-state index contributed by atoms with van der Waals surface area (Å²) in [6, 6.07) is 17.7. The highest BCUT2D eigenvalue weighted by atomic mass is 15.0. The molecule has 2 saturated carbocycles. The number of aromatic amines is 2. The standard InChI is InChI=1S/C43H48N6/c1-2-18-43(17-1)22-32-29(13-14-30(33(32)23-43)38-24-46-41(49-38)35-5-3-19-44-35)31-15-12-28(39-25-7-9-26(10-8-25)40(31)39)27-11-16-34-37(21-27)48-42(47-34)36-6-4-20-45-36/h11-16,21,24-26,35-36,44-45H,1-10,17-20,22-23H2,(H,46,49)(H,47,48)/t25?,26?,35-,36-/m0/s1. The summed E-state index contributed by atoms with van der Waals surface area (Å²) < 4.78 is 0. The van der Waals surface area contributed by atoms with Crippen LogP contribution in [0.4, 0.5) is 0 Å². The second-order valence-corrected chi connectivity index (χ2v) is 16.5. The largest absolute Gasteiger partial charge is 0.341 e. The van der Waals surface area contributed by atoms with Crippen molar-refractivity contribution in [1.82, 2.24) is 30.6 Å². The maximum Gasteiger partial charge on any atom is 0.124 e. The molecular formula is C43H48N6. The Bertz CT molecular complexity index is 2070. The quantitative estimate of drug-likeness (QED) is 0.153. The molecule has 2 aromatic heterocycles. The molecule has 2 atom stereocenters. The van der Waals surface area contributed by atoms with Crippen LogP contribution in [0.15, 0.2) is 48.7 Å². The number of imidazole rings is 2. The topological polar surface area (TPSA) is 81.4 Å². The number of nitrogens with zero attached hydrogens (tertiary/aromatic N) is 2. The number of rotatable bonds is 5. The summed E-state index contributed by atoms with van der Waals surface area (Å²) in [6.07, 6.45) is 20.2. The van der Waals surface area contributed by atoms with E-state index in [1.54, 1.807) is 22.3 Å². The summed E-state index contributed by atoms with van der Waals surface area (Å²) in [5.74, 6) is 3.53. The molecule has 3 aromatic carbocycles. The Hall–Kier alpha value is -3.74. The third-order valence-electron chi connectivity index (χ3n) is 13.8. The summed E-state index contributed by atoms with van der Waals surface area (Å²) in [4.78, 5) is 17.4. The average molecular weight is 649 g/mol. The van der Waals surface area contributed by atoms with E-state index in [0.717, 1.165) is 36.7 Å². The fourth-order valence-corrected chi connectivity index (χ4v) is 11.4. The van der Waals surface area contributed by atoms with Gasteiger partial charge in [0.1, 0.15) is 11.6 Å². The third-order valence-corrected chi connectivity index (χ3v) is 13.8. The highest BCUT2D eigenvalue weighted by molar-refractivity contribution is 5.87. The van der Waals surface area contributed by atoms with Gasteiger partial charge in [0.25, 0.3) is 0 Å². The lowest BCUT2D eigenvalue weighted by atomic mass is 9.63. The fraction of sp³-hybridized carbons (Fsp3) is 0.488. The molecule has 2 aliphatic heterocycles. The van der Waals surface area contributed by atoms with Gasteiger partial charge in [-0.1, -0.05) is 43.2 Å². The highest BCUT2D eigenvalue weighted by Crippen LogP contribution is 2.58. The Morgan fingerprint density at radius 3 is 2.00 bits per heavy atom. The van der Waals surface area contributed by atoms with Crippen LogP contribution >= 0.6 is 0 Å². The summed E-state index contributed by atoms with van der Waals surface area (Å²) in [7, 11) is 0. The fourth-order valence-electron chi connectivity index (χ4n) is 11.4. The molecule has 4 heterocycles. The molecule has 2 bridgehead atoms. The maximum absolute atomic E-state index is 5.00. The molecule has 250 valence electrons. The first-order valence-electron chi connectivity index (χ1n) is 19.5. The second-order valence-electron chi connectivity index (χ2n) is 16.5. The average Bonchev–Trinajstić information content (AvgIpc) is 3.99. The van der Waals surface area contributed by atoms with Gasteiger partial charge in [0.05, 0.1) is 35.0 Å². The first kappa shape index (κ1) is 29.0. The van der Waals surface area contributed by atoms with Crippen molar-refractivity contribution in [2.24, 2.45) is 5.41 Å². The van der Waals surface area contributed by atoms with Gasteiger partial charge in [-0.05, 0) is 164 Å². The summed E-state index contributed by atoms with van der Waals surface area (Å²) in [6.45, 7) is 2.18. The van der Waals surface area contributed by atoms with Gasteiger partial charge in [0.15, 0.2) is 0 Å². The van der Waals surface area contributed by atoms with Gasteiger partial charge in [0, 0.05) is 5.56 Å². The number of hydrogen-bond donors (Lipinski definition) is 4. The van der Waals surface area contributed by atoms with Gasteiger partial charge in [-0.2, -0.15) is 0 Å². The first-order valence-corrected chi connectivity index (χ1v) is 19.5. The zero-order valence-corrected chi connectivity index (χ0v) is 28.6. The van der Waals surface area contributed by atoms with E-state index < -0.39 is 0 Å².